The minimum atomic E-state index is -0.236. The fraction of sp³-hybridized carbons (Fsp3) is 0.409. The molecule has 9 heteroatoms. The van der Waals surface area contributed by atoms with Gasteiger partial charge in [-0.25, -0.2) is 8.70 Å². The van der Waals surface area contributed by atoms with Crippen LogP contribution >= 0.6 is 23.3 Å². The molecule has 168 valence electrons. The Morgan fingerprint density at radius 3 is 2.48 bits per heavy atom. The number of thiophene rings is 1. The summed E-state index contributed by atoms with van der Waals surface area (Å²) in [6.07, 6.45) is 0. The highest BCUT2D eigenvalue weighted by Gasteiger charge is 2.31. The predicted octanol–water partition coefficient (Wildman–Crippen LogP) is 5.20. The van der Waals surface area contributed by atoms with Crippen molar-refractivity contribution in [1.29, 1.82) is 0 Å². The minimum Gasteiger partial charge on any atom is -0.397 e. The summed E-state index contributed by atoms with van der Waals surface area (Å²) in [6, 6.07) is 6.67. The fourth-order valence-electron chi connectivity index (χ4n) is 2.92. The second-order valence-corrected chi connectivity index (χ2v) is 8.61. The second kappa shape index (κ2) is 11.4. The number of carbonyl (C=O) groups is 1. The average molecular weight is 464 g/mol. The number of halogens is 1. The monoisotopic (exact) mass is 463 g/mol. The van der Waals surface area contributed by atoms with E-state index in [1.165, 1.54) is 29.4 Å². The zero-order chi connectivity index (χ0) is 23.1. The van der Waals surface area contributed by atoms with Crippen molar-refractivity contribution < 1.29 is 9.18 Å². The Labute approximate surface area is 191 Å². The molecular weight excluding hydrogens is 433 g/mol. The first-order chi connectivity index (χ1) is 14.9. The number of hydrogen-bond donors (Lipinski definition) is 2. The van der Waals surface area contributed by atoms with Crippen molar-refractivity contribution in [2.75, 3.05) is 18.8 Å². The third-order valence-electron chi connectivity index (χ3n) is 4.59. The normalized spacial score (nSPS) is 13.5. The summed E-state index contributed by atoms with van der Waals surface area (Å²) in [5.74, 6) is -0.437. The van der Waals surface area contributed by atoms with E-state index in [0.717, 1.165) is 16.6 Å². The molecule has 0 atom stereocenters. The van der Waals surface area contributed by atoms with Gasteiger partial charge >= 0.3 is 0 Å². The van der Waals surface area contributed by atoms with Crippen LogP contribution in [-0.4, -0.2) is 39.5 Å². The first-order valence-corrected chi connectivity index (χ1v) is 12.0. The van der Waals surface area contributed by atoms with Crippen molar-refractivity contribution >= 4 is 45.1 Å². The van der Waals surface area contributed by atoms with Crippen LogP contribution in [0.3, 0.4) is 0 Å². The Bertz CT molecular complexity index is 1030. The van der Waals surface area contributed by atoms with Crippen molar-refractivity contribution in [3.8, 4) is 0 Å². The Morgan fingerprint density at radius 1 is 1.19 bits per heavy atom. The molecule has 0 unspecified atom stereocenters. The Balaban J connectivity index is 0.000000807. The number of aryl methyl sites for hydroxylation is 2. The van der Waals surface area contributed by atoms with E-state index in [0.29, 0.717) is 33.4 Å². The van der Waals surface area contributed by atoms with E-state index in [1.54, 1.807) is 18.2 Å². The van der Waals surface area contributed by atoms with Crippen LogP contribution in [0.25, 0.3) is 10.2 Å². The van der Waals surface area contributed by atoms with Gasteiger partial charge < -0.3 is 11.1 Å². The molecule has 1 aliphatic rings. The number of hydrogen-bond acceptors (Lipinski definition) is 7. The number of rotatable bonds is 4. The molecule has 0 aliphatic carbocycles. The number of amides is 1. The van der Waals surface area contributed by atoms with Gasteiger partial charge in [-0.2, -0.15) is 5.10 Å². The van der Waals surface area contributed by atoms with Crippen molar-refractivity contribution in [2.45, 2.75) is 52.5 Å². The van der Waals surface area contributed by atoms with Crippen LogP contribution in [0.15, 0.2) is 29.2 Å². The molecule has 3 aromatic rings. The number of benzene rings is 1. The third-order valence-corrected chi connectivity index (χ3v) is 6.76. The maximum absolute atomic E-state index is 13.7. The van der Waals surface area contributed by atoms with Gasteiger partial charge in [0.25, 0.3) is 5.91 Å². The van der Waals surface area contributed by atoms with Crippen molar-refractivity contribution in [1.82, 2.24) is 19.8 Å². The molecule has 0 radical (unpaired) electrons. The lowest BCUT2D eigenvalue weighted by atomic mass is 10.1. The Hall–Kier alpha value is -2.23. The molecule has 1 aromatic carbocycles. The van der Waals surface area contributed by atoms with Crippen LogP contribution in [0.1, 0.15) is 48.6 Å². The highest BCUT2D eigenvalue weighted by Crippen LogP contribution is 2.35. The van der Waals surface area contributed by atoms with E-state index in [9.17, 15) is 9.18 Å². The molecule has 4 rings (SSSR count). The van der Waals surface area contributed by atoms with E-state index in [1.807, 2.05) is 45.8 Å². The summed E-state index contributed by atoms with van der Waals surface area (Å²) in [5, 5.41) is 12.0. The summed E-state index contributed by atoms with van der Waals surface area (Å²) >= 11 is 2.62. The van der Waals surface area contributed by atoms with Gasteiger partial charge in [0.15, 0.2) is 0 Å². The van der Waals surface area contributed by atoms with Crippen LogP contribution in [0.5, 0.6) is 0 Å². The zero-order valence-electron chi connectivity index (χ0n) is 18.8. The van der Waals surface area contributed by atoms with Crippen molar-refractivity contribution in [3.05, 3.63) is 46.2 Å². The summed E-state index contributed by atoms with van der Waals surface area (Å²) in [6.45, 7) is 13.1. The number of nitrogens with two attached hydrogens (primary N) is 1. The molecule has 0 saturated carbocycles. The molecule has 2 aromatic heterocycles. The third kappa shape index (κ3) is 5.53. The lowest BCUT2D eigenvalue weighted by Crippen LogP contribution is -2.56. The molecule has 6 nitrogen and oxygen atoms in total. The summed E-state index contributed by atoms with van der Waals surface area (Å²) < 4.78 is 15.7. The molecule has 0 bridgehead atoms. The molecule has 0 spiro atoms. The maximum atomic E-state index is 13.7. The van der Waals surface area contributed by atoms with Crippen LogP contribution in [-0.2, 0) is 0 Å². The van der Waals surface area contributed by atoms with Gasteiger partial charge in [-0.05, 0) is 43.5 Å². The standard InChI is InChI=1S/C18H18FN5OS2.2C2H6/c1-9-10(2)22-23-18-14(9)15(20)16(26-18)17(25)21-11-7-24(8-11)27-13-6-4-3-5-12(13)19;2*1-2/h3-6,11H,7-8,20H2,1-2H3,(H,21,25);2*1-2H3. The van der Waals surface area contributed by atoms with Gasteiger partial charge in [0.2, 0.25) is 0 Å². The Kier molecular flexibility index (Phi) is 9.21. The molecular formula is C22H30FN5OS2. The molecule has 1 aliphatic heterocycles. The summed E-state index contributed by atoms with van der Waals surface area (Å²) in [7, 11) is 0. The van der Waals surface area contributed by atoms with Crippen molar-refractivity contribution in [3.63, 3.8) is 0 Å². The number of nitrogens with zero attached hydrogens (tertiary/aromatic N) is 3. The molecule has 3 N–H and O–H groups in total. The van der Waals surface area contributed by atoms with Gasteiger partial charge in [0.05, 0.1) is 22.3 Å². The van der Waals surface area contributed by atoms with Gasteiger partial charge in [0.1, 0.15) is 15.5 Å². The lowest BCUT2D eigenvalue weighted by Gasteiger charge is -2.38. The predicted molar refractivity (Wildman–Crippen MR) is 129 cm³/mol. The van der Waals surface area contributed by atoms with E-state index in [4.69, 9.17) is 5.73 Å². The number of nitrogen functional groups attached to an aromatic ring is 1. The number of carbonyl (C=O) groups excluding carboxylic acids is 1. The molecule has 1 fully saturated rings. The van der Waals surface area contributed by atoms with Crippen LogP contribution in [0.2, 0.25) is 0 Å². The average Bonchev–Trinajstić information content (AvgIpc) is 3.10. The zero-order valence-corrected chi connectivity index (χ0v) is 20.5. The number of nitrogens with one attached hydrogen (secondary N) is 1. The van der Waals surface area contributed by atoms with Gasteiger partial charge in [-0.3, -0.25) is 4.79 Å². The first kappa shape index (κ1) is 25.0. The van der Waals surface area contributed by atoms with Gasteiger partial charge in [0, 0.05) is 18.5 Å². The quantitative estimate of drug-likeness (QED) is 0.517. The molecule has 1 saturated heterocycles. The van der Waals surface area contributed by atoms with Crippen LogP contribution < -0.4 is 11.1 Å². The Morgan fingerprint density at radius 2 is 1.84 bits per heavy atom. The minimum absolute atomic E-state index is 0.00954. The largest absolute Gasteiger partial charge is 0.397 e. The lowest BCUT2D eigenvalue weighted by molar-refractivity contribution is 0.0906. The highest BCUT2D eigenvalue weighted by molar-refractivity contribution is 7.97. The molecule has 1 amide bonds. The summed E-state index contributed by atoms with van der Waals surface area (Å²) in [5.41, 5.74) is 8.43. The van der Waals surface area contributed by atoms with E-state index < -0.39 is 0 Å². The van der Waals surface area contributed by atoms with Gasteiger partial charge in [-0.15, -0.1) is 16.4 Å². The number of aromatic nitrogens is 2. The molecule has 31 heavy (non-hydrogen) atoms. The summed E-state index contributed by atoms with van der Waals surface area (Å²) in [4.78, 5) is 14.4. The van der Waals surface area contributed by atoms with E-state index in [2.05, 4.69) is 15.5 Å². The van der Waals surface area contributed by atoms with Gasteiger partial charge in [-0.1, -0.05) is 39.8 Å². The van der Waals surface area contributed by atoms with E-state index in [-0.39, 0.29) is 17.8 Å². The number of fused-ring (bicyclic) bond motifs is 1. The second-order valence-electron chi connectivity index (χ2n) is 6.47. The first-order valence-electron chi connectivity index (χ1n) is 10.4. The SMILES string of the molecule is CC.CC.Cc1nnc2sc(C(=O)NC3CN(Sc4ccccc4F)C3)c(N)c2c1C. The van der Waals surface area contributed by atoms with Crippen LogP contribution in [0, 0.1) is 19.7 Å². The highest BCUT2D eigenvalue weighted by atomic mass is 32.2. The number of anilines is 1. The smallest absolute Gasteiger partial charge is 0.263 e. The fourth-order valence-corrected chi connectivity index (χ4v) is 5.01. The topological polar surface area (TPSA) is 84.1 Å². The van der Waals surface area contributed by atoms with Crippen molar-refractivity contribution in [2.24, 2.45) is 0 Å². The van der Waals surface area contributed by atoms with Crippen LogP contribution in [0.4, 0.5) is 10.1 Å². The molecule has 3 heterocycles. The maximum Gasteiger partial charge on any atom is 0.263 e. The van der Waals surface area contributed by atoms with E-state index >= 15 is 0 Å².